The van der Waals surface area contributed by atoms with Crippen molar-refractivity contribution < 1.29 is 30.7 Å². The van der Waals surface area contributed by atoms with Gasteiger partial charge in [0.05, 0.1) is 0 Å². The van der Waals surface area contributed by atoms with Crippen molar-refractivity contribution in [2.45, 2.75) is 0 Å². The van der Waals surface area contributed by atoms with Crippen LogP contribution < -0.4 is 0 Å². The van der Waals surface area contributed by atoms with Gasteiger partial charge in [0.25, 0.3) is 0 Å². The second kappa shape index (κ2) is 17.3. The van der Waals surface area contributed by atoms with Crippen molar-refractivity contribution in [3.8, 4) is 0 Å². The summed E-state index contributed by atoms with van der Waals surface area (Å²) in [6, 6.07) is 39.1. The molecule has 0 amide bonds. The standard InChI is InChI=1S/2C17H14O.Pt/c2*18-17(13-11-15-7-3-1-4-8-15)14-12-16-9-5-2-6-10-16;/h2*1-14H;/b2*13-11+,14-12+;. The maximum atomic E-state index is 11.6. The molecule has 0 heterocycles. The summed E-state index contributed by atoms with van der Waals surface area (Å²) in [4.78, 5) is 23.2. The molecular weight excluding hydrogens is 635 g/mol. The molecule has 186 valence electrons. The molecular formula is C34H28O2Pt. The van der Waals surface area contributed by atoms with Gasteiger partial charge in [0.15, 0.2) is 11.6 Å². The van der Waals surface area contributed by atoms with Gasteiger partial charge in [-0.1, -0.05) is 146 Å². The second-order valence-corrected chi connectivity index (χ2v) is 7.78. The van der Waals surface area contributed by atoms with E-state index in [4.69, 9.17) is 0 Å². The van der Waals surface area contributed by atoms with Gasteiger partial charge in [0.1, 0.15) is 0 Å². The number of carbonyl (C=O) groups excluding carboxylic acids is 2. The second-order valence-electron chi connectivity index (χ2n) is 7.78. The summed E-state index contributed by atoms with van der Waals surface area (Å²) in [5, 5.41) is 0. The van der Waals surface area contributed by atoms with E-state index in [9.17, 15) is 9.59 Å². The Labute approximate surface area is 233 Å². The number of carbonyl (C=O) groups is 2. The predicted octanol–water partition coefficient (Wildman–Crippen LogP) is 7.96. The molecule has 4 aromatic rings. The molecule has 0 aromatic heterocycles. The van der Waals surface area contributed by atoms with Crippen LogP contribution in [0.1, 0.15) is 22.3 Å². The molecule has 0 aliphatic heterocycles. The third kappa shape index (κ3) is 12.4. The van der Waals surface area contributed by atoms with Crippen LogP contribution in [0.15, 0.2) is 146 Å². The normalized spacial score (nSPS) is 10.8. The minimum atomic E-state index is -0.0114. The first kappa shape index (κ1) is 29.1. The van der Waals surface area contributed by atoms with E-state index in [0.29, 0.717) is 0 Å². The van der Waals surface area contributed by atoms with Gasteiger partial charge in [-0.3, -0.25) is 9.59 Å². The Hall–Kier alpha value is -4.13. The quantitative estimate of drug-likeness (QED) is 0.179. The van der Waals surface area contributed by atoms with E-state index in [1.165, 1.54) is 0 Å². The van der Waals surface area contributed by atoms with Crippen LogP contribution >= 0.6 is 0 Å². The van der Waals surface area contributed by atoms with E-state index in [-0.39, 0.29) is 32.6 Å². The summed E-state index contributed by atoms with van der Waals surface area (Å²) in [6.07, 6.45) is 13.6. The Morgan fingerprint density at radius 3 is 0.730 bits per heavy atom. The molecule has 0 aliphatic carbocycles. The molecule has 4 aromatic carbocycles. The van der Waals surface area contributed by atoms with E-state index in [0.717, 1.165) is 22.3 Å². The summed E-state index contributed by atoms with van der Waals surface area (Å²) in [5.41, 5.74) is 4.11. The smallest absolute Gasteiger partial charge is 0.178 e. The third-order valence-corrected chi connectivity index (χ3v) is 4.96. The van der Waals surface area contributed by atoms with Crippen LogP contribution in [0.2, 0.25) is 0 Å². The van der Waals surface area contributed by atoms with Crippen LogP contribution in [0.25, 0.3) is 24.3 Å². The fraction of sp³-hybridized carbons (Fsp3) is 0. The van der Waals surface area contributed by atoms with E-state index < -0.39 is 0 Å². The van der Waals surface area contributed by atoms with E-state index in [1.54, 1.807) is 24.3 Å². The summed E-state index contributed by atoms with van der Waals surface area (Å²) in [5.74, 6) is -0.0228. The van der Waals surface area contributed by atoms with Crippen LogP contribution in [0.3, 0.4) is 0 Å². The zero-order chi connectivity index (χ0) is 25.3. The van der Waals surface area contributed by atoms with Crippen LogP contribution in [-0.4, -0.2) is 11.6 Å². The number of allylic oxidation sites excluding steroid dienone is 4. The fourth-order valence-corrected chi connectivity index (χ4v) is 3.08. The predicted molar refractivity (Wildman–Crippen MR) is 152 cm³/mol. The van der Waals surface area contributed by atoms with Crippen molar-refractivity contribution in [3.63, 3.8) is 0 Å². The molecule has 0 bridgehead atoms. The minimum absolute atomic E-state index is 0. The molecule has 37 heavy (non-hydrogen) atoms. The molecule has 0 aliphatic rings. The number of hydrogen-bond donors (Lipinski definition) is 0. The van der Waals surface area contributed by atoms with Gasteiger partial charge in [-0.15, -0.1) is 0 Å². The average molecular weight is 664 g/mol. The summed E-state index contributed by atoms with van der Waals surface area (Å²) < 4.78 is 0. The molecule has 0 spiro atoms. The molecule has 0 saturated heterocycles. The first-order valence-corrected chi connectivity index (χ1v) is 11.7. The first-order chi connectivity index (χ1) is 17.7. The van der Waals surface area contributed by atoms with Gasteiger partial charge in [-0.2, -0.15) is 0 Å². The largest absolute Gasteiger partial charge is 0.290 e. The molecule has 3 heteroatoms. The summed E-state index contributed by atoms with van der Waals surface area (Å²) in [6.45, 7) is 0. The Morgan fingerprint density at radius 1 is 0.351 bits per heavy atom. The molecule has 0 fully saturated rings. The average Bonchev–Trinajstić information content (AvgIpc) is 2.95. The Morgan fingerprint density at radius 2 is 0.541 bits per heavy atom. The molecule has 0 N–H and O–H groups in total. The first-order valence-electron chi connectivity index (χ1n) is 11.7. The van der Waals surface area contributed by atoms with Gasteiger partial charge < -0.3 is 0 Å². The van der Waals surface area contributed by atoms with Crippen molar-refractivity contribution in [3.05, 3.63) is 168 Å². The maximum Gasteiger partial charge on any atom is 0.178 e. The third-order valence-electron chi connectivity index (χ3n) is 4.96. The van der Waals surface area contributed by atoms with Crippen molar-refractivity contribution in [1.29, 1.82) is 0 Å². The Kier molecular flexibility index (Phi) is 13.6. The molecule has 0 radical (unpaired) electrons. The van der Waals surface area contributed by atoms with Crippen LogP contribution in [-0.2, 0) is 30.7 Å². The van der Waals surface area contributed by atoms with Gasteiger partial charge in [0.2, 0.25) is 0 Å². The number of ketones is 2. The monoisotopic (exact) mass is 663 g/mol. The molecule has 0 saturated carbocycles. The zero-order valence-corrected chi connectivity index (χ0v) is 22.6. The van der Waals surface area contributed by atoms with Gasteiger partial charge in [-0.05, 0) is 46.6 Å². The zero-order valence-electron chi connectivity index (χ0n) is 20.3. The molecule has 4 rings (SSSR count). The topological polar surface area (TPSA) is 34.1 Å². The van der Waals surface area contributed by atoms with Gasteiger partial charge >= 0.3 is 0 Å². The van der Waals surface area contributed by atoms with Crippen molar-refractivity contribution >= 4 is 35.9 Å². The fourth-order valence-electron chi connectivity index (χ4n) is 3.08. The van der Waals surface area contributed by atoms with E-state index in [1.807, 2.05) is 146 Å². The SMILES string of the molecule is O=C(/C=C/c1ccccc1)/C=C/c1ccccc1.O=C(/C=C/c1ccccc1)/C=C/c1ccccc1.[Pt]. The van der Waals surface area contributed by atoms with Crippen molar-refractivity contribution in [1.82, 2.24) is 0 Å². The van der Waals surface area contributed by atoms with E-state index in [2.05, 4.69) is 0 Å². The number of hydrogen-bond acceptors (Lipinski definition) is 2. The Balaban J connectivity index is 0.000000253. The van der Waals surface area contributed by atoms with Crippen LogP contribution in [0.5, 0.6) is 0 Å². The Bertz CT molecular complexity index is 1110. The van der Waals surface area contributed by atoms with Gasteiger partial charge in [0, 0.05) is 21.1 Å². The summed E-state index contributed by atoms with van der Waals surface area (Å²) >= 11 is 0. The van der Waals surface area contributed by atoms with E-state index >= 15 is 0 Å². The van der Waals surface area contributed by atoms with Crippen LogP contribution in [0, 0.1) is 0 Å². The maximum absolute atomic E-state index is 11.6. The minimum Gasteiger partial charge on any atom is -0.290 e. The molecule has 0 atom stereocenters. The molecule has 2 nitrogen and oxygen atoms in total. The van der Waals surface area contributed by atoms with Crippen molar-refractivity contribution in [2.75, 3.05) is 0 Å². The van der Waals surface area contributed by atoms with Crippen molar-refractivity contribution in [2.24, 2.45) is 0 Å². The van der Waals surface area contributed by atoms with Crippen LogP contribution in [0.4, 0.5) is 0 Å². The molecule has 0 unspecified atom stereocenters. The number of rotatable bonds is 8. The summed E-state index contributed by atoms with van der Waals surface area (Å²) in [7, 11) is 0. The van der Waals surface area contributed by atoms with Gasteiger partial charge in [-0.25, -0.2) is 0 Å². The number of benzene rings is 4.